The first kappa shape index (κ1) is 16.6. The molecule has 1 N–H and O–H groups in total. The average molecular weight is 305 g/mol. The molecule has 0 bridgehead atoms. The molecule has 0 radical (unpaired) electrons. The molecule has 0 aliphatic heterocycles. The van der Waals surface area contributed by atoms with Crippen LogP contribution in [-0.2, 0) is 4.43 Å². The lowest BCUT2D eigenvalue weighted by Gasteiger charge is -2.39. The Bertz CT molecular complexity index is 444. The van der Waals surface area contributed by atoms with Crippen LogP contribution in [0.25, 0.3) is 0 Å². The van der Waals surface area contributed by atoms with E-state index in [1.807, 2.05) is 0 Å². The number of hydrogen-bond donors (Lipinski definition) is 1. The van der Waals surface area contributed by atoms with Gasteiger partial charge < -0.3 is 9.53 Å². The van der Waals surface area contributed by atoms with Gasteiger partial charge in [0.15, 0.2) is 8.32 Å². The summed E-state index contributed by atoms with van der Waals surface area (Å²) in [7, 11) is -2.02. The van der Waals surface area contributed by atoms with E-state index in [0.29, 0.717) is 5.56 Å². The van der Waals surface area contributed by atoms with Crippen LogP contribution < -0.4 is 0 Å². The second-order valence-corrected chi connectivity index (χ2v) is 11.4. The van der Waals surface area contributed by atoms with Crippen LogP contribution in [0.1, 0.15) is 32.4 Å². The Hall–Kier alpha value is -0.423. The summed E-state index contributed by atoms with van der Waals surface area (Å²) >= 11 is 5.66. The third-order valence-electron chi connectivity index (χ3n) is 3.72. The first-order valence-electron chi connectivity index (χ1n) is 6.32. The lowest BCUT2D eigenvalue weighted by molar-refractivity contribution is 0.103. The molecule has 0 unspecified atom stereocenters. The molecular weight excluding hydrogens is 283 g/mol. The van der Waals surface area contributed by atoms with E-state index in [1.54, 1.807) is 6.07 Å². The summed E-state index contributed by atoms with van der Waals surface area (Å²) in [6.07, 6.45) is -0.507. The second kappa shape index (κ2) is 5.91. The minimum Gasteiger partial charge on any atom is -0.408 e. The summed E-state index contributed by atoms with van der Waals surface area (Å²) in [6, 6.07) is 4.51. The van der Waals surface area contributed by atoms with Crippen molar-refractivity contribution in [3.8, 4) is 0 Å². The van der Waals surface area contributed by atoms with Gasteiger partial charge in [-0.3, -0.25) is 0 Å². The zero-order valence-electron chi connectivity index (χ0n) is 12.1. The van der Waals surface area contributed by atoms with Crippen LogP contribution in [0.3, 0.4) is 0 Å². The Morgan fingerprint density at radius 1 is 1.37 bits per heavy atom. The molecule has 0 saturated carbocycles. The SMILES string of the molecule is CC(C)(C)[Si](C)(C)O[C@@H](CO)c1ccc(Cl)c(F)c1. The highest BCUT2D eigenvalue weighted by Crippen LogP contribution is 2.39. The zero-order chi connectivity index (χ0) is 14.8. The van der Waals surface area contributed by atoms with Gasteiger partial charge in [-0.2, -0.15) is 0 Å². The maximum absolute atomic E-state index is 13.5. The van der Waals surface area contributed by atoms with Gasteiger partial charge in [0.2, 0.25) is 0 Å². The molecule has 0 amide bonds. The highest BCUT2D eigenvalue weighted by Gasteiger charge is 2.39. The summed E-state index contributed by atoms with van der Waals surface area (Å²) < 4.78 is 19.6. The van der Waals surface area contributed by atoms with Gasteiger partial charge in [0.05, 0.1) is 17.7 Å². The van der Waals surface area contributed by atoms with E-state index in [-0.39, 0.29) is 16.7 Å². The fourth-order valence-electron chi connectivity index (χ4n) is 1.46. The van der Waals surface area contributed by atoms with E-state index in [0.717, 1.165) is 0 Å². The molecule has 108 valence electrons. The maximum atomic E-state index is 13.5. The largest absolute Gasteiger partial charge is 0.408 e. The number of aliphatic hydroxyl groups is 1. The Kier molecular flexibility index (Phi) is 5.18. The van der Waals surface area contributed by atoms with Crippen molar-refractivity contribution >= 4 is 19.9 Å². The third kappa shape index (κ3) is 4.02. The van der Waals surface area contributed by atoms with Gasteiger partial charge in [-0.1, -0.05) is 38.4 Å². The molecule has 1 rings (SSSR count). The first-order valence-corrected chi connectivity index (χ1v) is 9.61. The molecule has 2 nitrogen and oxygen atoms in total. The zero-order valence-corrected chi connectivity index (χ0v) is 13.9. The second-order valence-electron chi connectivity index (χ2n) is 6.22. The van der Waals surface area contributed by atoms with Gasteiger partial charge in [-0.05, 0) is 35.8 Å². The Balaban J connectivity index is 2.99. The monoisotopic (exact) mass is 304 g/mol. The molecule has 1 atom stereocenters. The number of aliphatic hydroxyl groups excluding tert-OH is 1. The number of rotatable bonds is 4. The standard InChI is InChI=1S/C14H22ClFO2Si/c1-14(2,3)19(4,5)18-13(9-17)10-6-7-11(15)12(16)8-10/h6-8,13,17H,9H2,1-5H3/t13-/m0/s1. The van der Waals surface area contributed by atoms with Gasteiger partial charge >= 0.3 is 0 Å². The highest BCUT2D eigenvalue weighted by atomic mass is 35.5. The predicted molar refractivity (Wildman–Crippen MR) is 79.5 cm³/mol. The fraction of sp³-hybridized carbons (Fsp3) is 0.571. The topological polar surface area (TPSA) is 29.5 Å². The van der Waals surface area contributed by atoms with E-state index >= 15 is 0 Å². The van der Waals surface area contributed by atoms with E-state index in [2.05, 4.69) is 33.9 Å². The lowest BCUT2D eigenvalue weighted by Crippen LogP contribution is -2.42. The van der Waals surface area contributed by atoms with Gasteiger partial charge in [0.25, 0.3) is 0 Å². The molecule has 0 fully saturated rings. The van der Waals surface area contributed by atoms with Gasteiger partial charge in [-0.15, -0.1) is 0 Å². The molecule has 0 aliphatic carbocycles. The van der Waals surface area contributed by atoms with Crippen LogP contribution in [0.15, 0.2) is 18.2 Å². The lowest BCUT2D eigenvalue weighted by atomic mass is 10.1. The first-order chi connectivity index (χ1) is 8.58. The normalized spacial score (nSPS) is 14.5. The van der Waals surface area contributed by atoms with Gasteiger partial charge in [0.1, 0.15) is 5.82 Å². The third-order valence-corrected chi connectivity index (χ3v) is 8.52. The van der Waals surface area contributed by atoms with Crippen molar-refractivity contribution in [2.75, 3.05) is 6.61 Å². The van der Waals surface area contributed by atoms with Crippen LogP contribution >= 0.6 is 11.6 Å². The minimum atomic E-state index is -2.02. The Morgan fingerprint density at radius 3 is 2.37 bits per heavy atom. The fourth-order valence-corrected chi connectivity index (χ4v) is 2.85. The number of benzene rings is 1. The Labute approximate surface area is 120 Å². The Morgan fingerprint density at radius 2 is 1.95 bits per heavy atom. The predicted octanol–water partition coefficient (Wildman–Crippen LogP) is 4.53. The smallest absolute Gasteiger partial charge is 0.193 e. The quantitative estimate of drug-likeness (QED) is 0.828. The van der Waals surface area contributed by atoms with E-state index in [1.165, 1.54) is 12.1 Å². The van der Waals surface area contributed by atoms with Gasteiger partial charge in [-0.25, -0.2) is 4.39 Å². The number of hydrogen-bond acceptors (Lipinski definition) is 2. The van der Waals surface area contributed by atoms with Crippen LogP contribution in [0.5, 0.6) is 0 Å². The van der Waals surface area contributed by atoms with Crippen molar-refractivity contribution in [3.05, 3.63) is 34.6 Å². The molecule has 1 aromatic carbocycles. The van der Waals surface area contributed by atoms with E-state index < -0.39 is 20.2 Å². The average Bonchev–Trinajstić information content (AvgIpc) is 2.28. The summed E-state index contributed by atoms with van der Waals surface area (Å²) in [5, 5.41) is 9.62. The molecule has 0 spiro atoms. The van der Waals surface area contributed by atoms with Gasteiger partial charge in [0, 0.05) is 0 Å². The van der Waals surface area contributed by atoms with E-state index in [4.69, 9.17) is 16.0 Å². The van der Waals surface area contributed by atoms with Crippen molar-refractivity contribution in [3.63, 3.8) is 0 Å². The molecule has 0 heterocycles. The van der Waals surface area contributed by atoms with Crippen LogP contribution in [0.2, 0.25) is 23.2 Å². The maximum Gasteiger partial charge on any atom is 0.193 e. The molecule has 1 aromatic rings. The molecule has 0 aromatic heterocycles. The molecule has 0 aliphatic rings. The highest BCUT2D eigenvalue weighted by molar-refractivity contribution is 6.74. The van der Waals surface area contributed by atoms with Crippen molar-refractivity contribution in [1.29, 1.82) is 0 Å². The molecule has 19 heavy (non-hydrogen) atoms. The molecule has 5 heteroatoms. The summed E-state index contributed by atoms with van der Waals surface area (Å²) in [4.78, 5) is 0. The summed E-state index contributed by atoms with van der Waals surface area (Å²) in [6.45, 7) is 10.4. The minimum absolute atomic E-state index is 0.0331. The van der Waals surface area contributed by atoms with Crippen molar-refractivity contribution in [1.82, 2.24) is 0 Å². The van der Waals surface area contributed by atoms with Crippen molar-refractivity contribution in [2.24, 2.45) is 0 Å². The van der Waals surface area contributed by atoms with E-state index in [9.17, 15) is 9.50 Å². The summed E-state index contributed by atoms with van der Waals surface area (Å²) in [5.74, 6) is -0.489. The van der Waals surface area contributed by atoms with Crippen LogP contribution in [0.4, 0.5) is 4.39 Å². The summed E-state index contributed by atoms with van der Waals surface area (Å²) in [5.41, 5.74) is 0.620. The van der Waals surface area contributed by atoms with Crippen LogP contribution in [0, 0.1) is 5.82 Å². The van der Waals surface area contributed by atoms with Crippen molar-refractivity contribution in [2.45, 2.75) is 45.0 Å². The number of halogens is 2. The molecule has 0 saturated heterocycles. The van der Waals surface area contributed by atoms with Crippen molar-refractivity contribution < 1.29 is 13.9 Å². The van der Waals surface area contributed by atoms with Crippen LogP contribution in [-0.4, -0.2) is 20.0 Å². The molecular formula is C14H22ClFO2Si.